The lowest BCUT2D eigenvalue weighted by atomic mass is 10.0. The number of hydrogen-bond donors (Lipinski definition) is 3. The Balaban J connectivity index is 1.83. The van der Waals surface area contributed by atoms with Gasteiger partial charge in [-0.05, 0) is 41.8 Å². The third kappa shape index (κ3) is 3.80. The molecular weight excluding hydrogens is 318 g/mol. The molecule has 1 aliphatic rings. The van der Waals surface area contributed by atoms with E-state index in [4.69, 9.17) is 10.8 Å². The molecule has 25 heavy (non-hydrogen) atoms. The van der Waals surface area contributed by atoms with E-state index in [9.17, 15) is 9.59 Å². The van der Waals surface area contributed by atoms with Crippen molar-refractivity contribution in [2.75, 3.05) is 18.0 Å². The zero-order chi connectivity index (χ0) is 17.8. The van der Waals surface area contributed by atoms with E-state index >= 15 is 0 Å². The quantitative estimate of drug-likeness (QED) is 0.751. The van der Waals surface area contributed by atoms with Gasteiger partial charge in [0, 0.05) is 12.2 Å². The molecule has 3 rings (SSSR count). The highest BCUT2D eigenvalue weighted by Crippen LogP contribution is 2.31. The fraction of sp³-hybridized carbons (Fsp3) is 0.263. The number of carbonyl (C=O) groups excluding carboxylic acids is 1. The smallest absolute Gasteiger partial charge is 0.322 e. The molecule has 6 nitrogen and oxygen atoms in total. The molecule has 2 aromatic carbocycles. The molecule has 2 amide bonds. The Bertz CT molecular complexity index is 756. The van der Waals surface area contributed by atoms with Gasteiger partial charge in [0.2, 0.25) is 0 Å². The average Bonchev–Trinajstić information content (AvgIpc) is 2.98. The zero-order valence-corrected chi connectivity index (χ0v) is 13.8. The number of aliphatic carboxylic acids is 1. The maximum Gasteiger partial charge on any atom is 0.322 e. The molecule has 1 fully saturated rings. The first kappa shape index (κ1) is 17.0. The first-order valence-corrected chi connectivity index (χ1v) is 8.25. The van der Waals surface area contributed by atoms with E-state index < -0.39 is 5.97 Å². The molecule has 2 aromatic rings. The molecule has 6 heteroatoms. The van der Waals surface area contributed by atoms with Crippen molar-refractivity contribution < 1.29 is 14.7 Å². The van der Waals surface area contributed by atoms with Gasteiger partial charge in [-0.15, -0.1) is 0 Å². The summed E-state index contributed by atoms with van der Waals surface area (Å²) in [5.41, 5.74) is 9.26. The Morgan fingerprint density at radius 3 is 2.36 bits per heavy atom. The normalized spacial score (nSPS) is 16.8. The van der Waals surface area contributed by atoms with Crippen molar-refractivity contribution in [3.8, 4) is 0 Å². The molecule has 4 N–H and O–H groups in total. The highest BCUT2D eigenvalue weighted by Gasteiger charge is 2.33. The molecule has 1 heterocycles. The molecule has 0 radical (unpaired) electrons. The second kappa shape index (κ2) is 7.36. The van der Waals surface area contributed by atoms with Crippen molar-refractivity contribution in [2.45, 2.75) is 18.9 Å². The fourth-order valence-corrected chi connectivity index (χ4v) is 3.09. The minimum atomic E-state index is -0.873. The minimum Gasteiger partial charge on any atom is -0.481 e. The van der Waals surface area contributed by atoms with Crippen LogP contribution in [0.3, 0.4) is 0 Å². The molecule has 0 spiro atoms. The van der Waals surface area contributed by atoms with E-state index in [-0.39, 0.29) is 18.5 Å². The average molecular weight is 339 g/mol. The van der Waals surface area contributed by atoms with E-state index in [0.717, 1.165) is 17.7 Å². The van der Waals surface area contributed by atoms with Crippen LogP contribution >= 0.6 is 0 Å². The lowest BCUT2D eigenvalue weighted by Gasteiger charge is -2.24. The molecule has 130 valence electrons. The van der Waals surface area contributed by atoms with Gasteiger partial charge in [0.05, 0.1) is 12.5 Å². The number of rotatable bonds is 6. The van der Waals surface area contributed by atoms with Crippen LogP contribution in [0, 0.1) is 0 Å². The lowest BCUT2D eigenvalue weighted by molar-refractivity contribution is -0.136. The SMILES string of the molecule is NCCc1ccc(C2CNC(=O)N2c2ccc(CC(=O)O)cc2)cc1. The number of anilines is 1. The van der Waals surface area contributed by atoms with E-state index in [1.165, 1.54) is 5.56 Å². The molecular formula is C19H21N3O3. The van der Waals surface area contributed by atoms with Gasteiger partial charge in [0.15, 0.2) is 0 Å². The number of carbonyl (C=O) groups is 2. The maximum absolute atomic E-state index is 12.3. The molecule has 0 aromatic heterocycles. The third-order valence-corrected chi connectivity index (χ3v) is 4.34. The van der Waals surface area contributed by atoms with Crippen LogP contribution in [-0.4, -0.2) is 30.2 Å². The third-order valence-electron chi connectivity index (χ3n) is 4.34. The Labute approximate surface area is 146 Å². The van der Waals surface area contributed by atoms with E-state index in [2.05, 4.69) is 5.32 Å². The summed E-state index contributed by atoms with van der Waals surface area (Å²) >= 11 is 0. The standard InChI is InChI=1S/C19H21N3O3/c20-10-9-13-1-5-15(6-2-13)17-12-21-19(25)22(17)16-7-3-14(4-8-16)11-18(23)24/h1-8,17H,9-12,20H2,(H,21,25)(H,23,24). The van der Waals surface area contributed by atoms with Crippen molar-refractivity contribution in [1.29, 1.82) is 0 Å². The Kier molecular flexibility index (Phi) is 5.00. The highest BCUT2D eigenvalue weighted by molar-refractivity contribution is 5.95. The maximum atomic E-state index is 12.3. The second-order valence-electron chi connectivity index (χ2n) is 6.09. The molecule has 1 saturated heterocycles. The zero-order valence-electron chi connectivity index (χ0n) is 13.8. The highest BCUT2D eigenvalue weighted by atomic mass is 16.4. The number of hydrogen-bond acceptors (Lipinski definition) is 3. The first-order chi connectivity index (χ1) is 12.1. The topological polar surface area (TPSA) is 95.7 Å². The molecule has 0 aliphatic carbocycles. The van der Waals surface area contributed by atoms with Crippen LogP contribution < -0.4 is 16.0 Å². The van der Waals surface area contributed by atoms with Gasteiger partial charge in [-0.1, -0.05) is 36.4 Å². The summed E-state index contributed by atoms with van der Waals surface area (Å²) in [6, 6.07) is 15.0. The fourth-order valence-electron chi connectivity index (χ4n) is 3.09. The predicted molar refractivity (Wildman–Crippen MR) is 95.6 cm³/mol. The number of carboxylic acid groups (broad SMARTS) is 1. The van der Waals surface area contributed by atoms with Gasteiger partial charge in [0.25, 0.3) is 0 Å². The summed E-state index contributed by atoms with van der Waals surface area (Å²) in [7, 11) is 0. The predicted octanol–water partition coefficient (Wildman–Crippen LogP) is 2.09. The summed E-state index contributed by atoms with van der Waals surface area (Å²) in [5.74, 6) is -0.873. The van der Waals surface area contributed by atoms with Crippen molar-refractivity contribution in [3.05, 3.63) is 65.2 Å². The van der Waals surface area contributed by atoms with Gasteiger partial charge in [0.1, 0.15) is 0 Å². The number of urea groups is 1. The van der Waals surface area contributed by atoms with Crippen molar-refractivity contribution >= 4 is 17.7 Å². The van der Waals surface area contributed by atoms with Gasteiger partial charge in [-0.2, -0.15) is 0 Å². The number of carboxylic acids is 1. The van der Waals surface area contributed by atoms with Gasteiger partial charge in [-0.25, -0.2) is 4.79 Å². The van der Waals surface area contributed by atoms with Crippen molar-refractivity contribution in [2.24, 2.45) is 5.73 Å². The van der Waals surface area contributed by atoms with Gasteiger partial charge in [-0.3, -0.25) is 9.69 Å². The molecule has 1 unspecified atom stereocenters. The van der Waals surface area contributed by atoms with E-state index in [1.807, 2.05) is 24.3 Å². The summed E-state index contributed by atoms with van der Waals surface area (Å²) in [6.45, 7) is 1.14. The van der Waals surface area contributed by atoms with Crippen LogP contribution in [0.15, 0.2) is 48.5 Å². The van der Waals surface area contributed by atoms with Crippen LogP contribution in [0.4, 0.5) is 10.5 Å². The molecule has 1 atom stereocenters. The van der Waals surface area contributed by atoms with Crippen LogP contribution in [0.2, 0.25) is 0 Å². The van der Waals surface area contributed by atoms with Crippen LogP contribution in [0.1, 0.15) is 22.7 Å². The van der Waals surface area contributed by atoms with E-state index in [1.54, 1.807) is 29.2 Å². The van der Waals surface area contributed by atoms with Crippen LogP contribution in [0.25, 0.3) is 0 Å². The largest absolute Gasteiger partial charge is 0.481 e. The Morgan fingerprint density at radius 1 is 1.12 bits per heavy atom. The molecule has 0 bridgehead atoms. The van der Waals surface area contributed by atoms with Crippen molar-refractivity contribution in [1.82, 2.24) is 5.32 Å². The minimum absolute atomic E-state index is 0.0293. The summed E-state index contributed by atoms with van der Waals surface area (Å²) in [4.78, 5) is 24.8. The second-order valence-corrected chi connectivity index (χ2v) is 6.09. The van der Waals surface area contributed by atoms with Gasteiger partial charge >= 0.3 is 12.0 Å². The summed E-state index contributed by atoms with van der Waals surface area (Å²) < 4.78 is 0. The van der Waals surface area contributed by atoms with Gasteiger partial charge < -0.3 is 16.2 Å². The number of amides is 2. The van der Waals surface area contributed by atoms with Crippen LogP contribution in [-0.2, 0) is 17.6 Å². The molecule has 0 saturated carbocycles. The number of benzene rings is 2. The Hall–Kier alpha value is -2.86. The first-order valence-electron chi connectivity index (χ1n) is 8.25. The monoisotopic (exact) mass is 339 g/mol. The van der Waals surface area contributed by atoms with Crippen LogP contribution in [0.5, 0.6) is 0 Å². The number of nitrogens with zero attached hydrogens (tertiary/aromatic N) is 1. The van der Waals surface area contributed by atoms with E-state index in [0.29, 0.717) is 18.7 Å². The summed E-state index contributed by atoms with van der Waals surface area (Å²) in [6.07, 6.45) is 0.801. The number of nitrogens with two attached hydrogens (primary N) is 1. The lowest BCUT2D eigenvalue weighted by Crippen LogP contribution is -2.29. The Morgan fingerprint density at radius 2 is 1.76 bits per heavy atom. The molecule has 1 aliphatic heterocycles. The number of nitrogens with one attached hydrogen (secondary N) is 1. The summed E-state index contributed by atoms with van der Waals surface area (Å²) in [5, 5.41) is 11.7. The van der Waals surface area contributed by atoms with Crippen molar-refractivity contribution in [3.63, 3.8) is 0 Å².